The van der Waals surface area contributed by atoms with Gasteiger partial charge in [0.25, 0.3) is 0 Å². The first kappa shape index (κ1) is 14.0. The van der Waals surface area contributed by atoms with Crippen LogP contribution in [0, 0.1) is 15.9 Å². The summed E-state index contributed by atoms with van der Waals surface area (Å²) in [6.45, 7) is 0. The first-order chi connectivity index (χ1) is 9.54. The van der Waals surface area contributed by atoms with Gasteiger partial charge in [-0.25, -0.2) is 4.39 Å². The summed E-state index contributed by atoms with van der Waals surface area (Å²) in [6, 6.07) is 7.63. The van der Waals surface area contributed by atoms with E-state index in [0.29, 0.717) is 6.29 Å². The molecular weight excluding hydrogens is 289 g/mol. The number of nitro groups is 1. The van der Waals surface area contributed by atoms with Crippen molar-refractivity contribution in [1.29, 1.82) is 0 Å². The fraction of sp³-hybridized carbons (Fsp3) is 0. The Bertz CT molecular complexity index is 690. The molecule has 0 saturated carbocycles. The molecule has 2 aromatic carbocycles. The molecule has 0 atom stereocenters. The fourth-order valence-electron chi connectivity index (χ4n) is 1.57. The molecule has 20 heavy (non-hydrogen) atoms. The average molecular weight is 296 g/mol. The number of aldehydes is 1. The minimum atomic E-state index is -0.816. The van der Waals surface area contributed by atoms with E-state index < -0.39 is 22.2 Å². The van der Waals surface area contributed by atoms with Crippen molar-refractivity contribution in [3.63, 3.8) is 0 Å². The topological polar surface area (TPSA) is 69.4 Å². The van der Waals surface area contributed by atoms with E-state index in [1.165, 1.54) is 30.3 Å². The van der Waals surface area contributed by atoms with E-state index in [1.54, 1.807) is 0 Å². The molecule has 0 radical (unpaired) electrons. The standard InChI is InChI=1S/C13H7ClFNO4/c14-9-4-2-6-11(16(18)19)13(9)20-12-8(7-17)3-1-5-10(12)15/h1-7H. The first-order valence-corrected chi connectivity index (χ1v) is 5.77. The minimum absolute atomic E-state index is 0.0562. The van der Waals surface area contributed by atoms with Gasteiger partial charge in [0.15, 0.2) is 17.9 Å². The highest BCUT2D eigenvalue weighted by Crippen LogP contribution is 2.39. The Kier molecular flexibility index (Phi) is 3.95. The second-order valence-electron chi connectivity index (χ2n) is 3.72. The highest BCUT2D eigenvalue weighted by molar-refractivity contribution is 6.32. The maximum Gasteiger partial charge on any atom is 0.313 e. The van der Waals surface area contributed by atoms with Crippen LogP contribution in [-0.4, -0.2) is 11.2 Å². The van der Waals surface area contributed by atoms with Gasteiger partial charge in [-0.1, -0.05) is 23.7 Å². The van der Waals surface area contributed by atoms with Crippen molar-refractivity contribution in [2.75, 3.05) is 0 Å². The molecule has 0 saturated heterocycles. The zero-order chi connectivity index (χ0) is 14.7. The van der Waals surface area contributed by atoms with Crippen molar-refractivity contribution in [1.82, 2.24) is 0 Å². The zero-order valence-electron chi connectivity index (χ0n) is 9.88. The molecule has 2 rings (SSSR count). The quantitative estimate of drug-likeness (QED) is 0.486. The molecule has 0 aliphatic rings. The van der Waals surface area contributed by atoms with Crippen molar-refractivity contribution in [3.8, 4) is 11.5 Å². The predicted octanol–water partition coefficient (Wildman–Crippen LogP) is 3.99. The van der Waals surface area contributed by atoms with Crippen LogP contribution < -0.4 is 4.74 Å². The molecule has 7 heteroatoms. The lowest BCUT2D eigenvalue weighted by atomic mass is 10.2. The molecule has 0 fully saturated rings. The second-order valence-corrected chi connectivity index (χ2v) is 4.13. The predicted molar refractivity (Wildman–Crippen MR) is 70.0 cm³/mol. The molecular formula is C13H7ClFNO4. The number of benzene rings is 2. The van der Waals surface area contributed by atoms with E-state index in [1.807, 2.05) is 0 Å². The van der Waals surface area contributed by atoms with Crippen molar-refractivity contribution in [2.24, 2.45) is 0 Å². The Hall–Kier alpha value is -2.47. The Morgan fingerprint density at radius 3 is 2.55 bits per heavy atom. The lowest BCUT2D eigenvalue weighted by molar-refractivity contribution is -0.385. The number of para-hydroxylation sites is 2. The maximum absolute atomic E-state index is 13.7. The third kappa shape index (κ3) is 2.60. The van der Waals surface area contributed by atoms with Crippen molar-refractivity contribution in [2.45, 2.75) is 0 Å². The summed E-state index contributed by atoms with van der Waals surface area (Å²) >= 11 is 5.83. The number of rotatable bonds is 4. The summed E-state index contributed by atoms with van der Waals surface area (Å²) in [5.74, 6) is -1.53. The molecule has 0 heterocycles. The van der Waals surface area contributed by atoms with Crippen molar-refractivity contribution >= 4 is 23.6 Å². The highest BCUT2D eigenvalue weighted by Gasteiger charge is 2.21. The third-order valence-electron chi connectivity index (χ3n) is 2.47. The Morgan fingerprint density at radius 1 is 1.20 bits per heavy atom. The smallest absolute Gasteiger partial charge is 0.313 e. The van der Waals surface area contributed by atoms with E-state index >= 15 is 0 Å². The lowest BCUT2D eigenvalue weighted by Crippen LogP contribution is -1.98. The van der Waals surface area contributed by atoms with Gasteiger partial charge < -0.3 is 4.74 Å². The third-order valence-corrected chi connectivity index (χ3v) is 2.77. The van der Waals surface area contributed by atoms with Gasteiger partial charge in [0.05, 0.1) is 15.5 Å². The number of ether oxygens (including phenoxy) is 1. The Balaban J connectivity index is 2.56. The molecule has 102 valence electrons. The SMILES string of the molecule is O=Cc1cccc(F)c1Oc1c(Cl)cccc1[N+](=O)[O-]. The van der Waals surface area contributed by atoms with Gasteiger partial charge >= 0.3 is 5.69 Å². The summed E-state index contributed by atoms with van der Waals surface area (Å²) in [6.07, 6.45) is 0.390. The van der Waals surface area contributed by atoms with E-state index in [0.717, 1.165) is 6.07 Å². The highest BCUT2D eigenvalue weighted by atomic mass is 35.5. The molecule has 0 N–H and O–H groups in total. The van der Waals surface area contributed by atoms with Crippen molar-refractivity contribution < 1.29 is 18.8 Å². The molecule has 0 aliphatic heterocycles. The van der Waals surface area contributed by atoms with E-state index in [4.69, 9.17) is 16.3 Å². The average Bonchev–Trinajstić information content (AvgIpc) is 2.42. The van der Waals surface area contributed by atoms with Crippen LogP contribution in [0.1, 0.15) is 10.4 Å². The number of carbonyl (C=O) groups excluding carboxylic acids is 1. The lowest BCUT2D eigenvalue weighted by Gasteiger charge is -2.10. The molecule has 0 spiro atoms. The van der Waals surface area contributed by atoms with Gasteiger partial charge in [-0.05, 0) is 18.2 Å². The number of hydrogen-bond acceptors (Lipinski definition) is 4. The number of carbonyl (C=O) groups is 1. The monoisotopic (exact) mass is 295 g/mol. The normalized spacial score (nSPS) is 10.1. The summed E-state index contributed by atoms with van der Waals surface area (Å²) in [5, 5.41) is 10.9. The Labute approximate surface area is 117 Å². The molecule has 0 bridgehead atoms. The summed E-state index contributed by atoms with van der Waals surface area (Å²) in [4.78, 5) is 21.1. The number of nitrogens with zero attached hydrogens (tertiary/aromatic N) is 1. The molecule has 0 amide bonds. The van der Waals surface area contributed by atoms with Gasteiger partial charge in [-0.2, -0.15) is 0 Å². The number of nitro benzene ring substituents is 1. The van der Waals surface area contributed by atoms with Crippen LogP contribution in [0.3, 0.4) is 0 Å². The van der Waals surface area contributed by atoms with Crippen molar-refractivity contribution in [3.05, 3.63) is 62.9 Å². The van der Waals surface area contributed by atoms with Gasteiger partial charge in [-0.3, -0.25) is 14.9 Å². The van der Waals surface area contributed by atoms with Gasteiger partial charge in [-0.15, -0.1) is 0 Å². The first-order valence-electron chi connectivity index (χ1n) is 5.39. The van der Waals surface area contributed by atoms with Gasteiger partial charge in [0.1, 0.15) is 0 Å². The van der Waals surface area contributed by atoms with Crippen LogP contribution in [0.25, 0.3) is 0 Å². The fourth-order valence-corrected chi connectivity index (χ4v) is 1.78. The van der Waals surface area contributed by atoms with Crippen LogP contribution in [0.2, 0.25) is 5.02 Å². The van der Waals surface area contributed by atoms with Gasteiger partial charge in [0.2, 0.25) is 5.75 Å². The van der Waals surface area contributed by atoms with Crippen LogP contribution in [-0.2, 0) is 0 Å². The minimum Gasteiger partial charge on any atom is -0.445 e. The number of halogens is 2. The summed E-state index contributed by atoms with van der Waals surface area (Å²) in [7, 11) is 0. The summed E-state index contributed by atoms with van der Waals surface area (Å²) < 4.78 is 18.9. The maximum atomic E-state index is 13.7. The zero-order valence-corrected chi connectivity index (χ0v) is 10.6. The Morgan fingerprint density at radius 2 is 1.90 bits per heavy atom. The molecule has 0 unspecified atom stereocenters. The second kappa shape index (κ2) is 5.66. The largest absolute Gasteiger partial charge is 0.445 e. The van der Waals surface area contributed by atoms with E-state index in [9.17, 15) is 19.3 Å². The molecule has 0 aromatic heterocycles. The summed E-state index contributed by atoms with van der Waals surface area (Å²) in [5.41, 5.74) is -0.489. The van der Waals surface area contributed by atoms with Crippen LogP contribution in [0.4, 0.5) is 10.1 Å². The van der Waals surface area contributed by atoms with Crippen LogP contribution in [0.5, 0.6) is 11.5 Å². The molecule has 0 aliphatic carbocycles. The molecule has 2 aromatic rings. The van der Waals surface area contributed by atoms with Crippen LogP contribution in [0.15, 0.2) is 36.4 Å². The van der Waals surface area contributed by atoms with Crippen LogP contribution >= 0.6 is 11.6 Å². The number of hydrogen-bond donors (Lipinski definition) is 0. The molecule has 5 nitrogen and oxygen atoms in total. The van der Waals surface area contributed by atoms with E-state index in [2.05, 4.69) is 0 Å². The van der Waals surface area contributed by atoms with E-state index in [-0.39, 0.29) is 16.3 Å². The van der Waals surface area contributed by atoms with Gasteiger partial charge in [0, 0.05) is 6.07 Å².